The maximum atomic E-state index is 12.5. The van der Waals surface area contributed by atoms with E-state index in [9.17, 15) is 4.79 Å². The number of ether oxygens (including phenoxy) is 2. The van der Waals surface area contributed by atoms with Crippen molar-refractivity contribution in [3.05, 3.63) is 42.2 Å². The average Bonchev–Trinajstić information content (AvgIpc) is 3.03. The van der Waals surface area contributed by atoms with Crippen LogP contribution in [0.1, 0.15) is 30.1 Å². The van der Waals surface area contributed by atoms with Crippen molar-refractivity contribution in [1.29, 1.82) is 0 Å². The van der Waals surface area contributed by atoms with E-state index in [-0.39, 0.29) is 5.91 Å². The molecule has 1 aromatic carbocycles. The molecule has 1 aliphatic heterocycles. The van der Waals surface area contributed by atoms with Gasteiger partial charge in [-0.15, -0.1) is 0 Å². The minimum Gasteiger partial charge on any atom is -0.493 e. The summed E-state index contributed by atoms with van der Waals surface area (Å²) in [5.41, 5.74) is 1.22. The van der Waals surface area contributed by atoms with Crippen LogP contribution >= 0.6 is 0 Å². The minimum atomic E-state index is -0.190. The third-order valence-corrected chi connectivity index (χ3v) is 4.11. The molecule has 1 amide bonds. The quantitative estimate of drug-likeness (QED) is 0.885. The summed E-state index contributed by atoms with van der Waals surface area (Å²) in [5.74, 6) is 0.984. The first-order valence-electron chi connectivity index (χ1n) is 8.39. The molecule has 0 saturated carbocycles. The van der Waals surface area contributed by atoms with Gasteiger partial charge in [0.15, 0.2) is 0 Å². The van der Waals surface area contributed by atoms with Crippen LogP contribution in [-0.4, -0.2) is 35.5 Å². The van der Waals surface area contributed by atoms with Gasteiger partial charge in [-0.1, -0.05) is 12.1 Å². The molecule has 128 valence electrons. The van der Waals surface area contributed by atoms with Gasteiger partial charge in [0, 0.05) is 26.0 Å². The summed E-state index contributed by atoms with van der Waals surface area (Å²) in [6.45, 7) is 4.92. The molecule has 0 spiro atoms. The van der Waals surface area contributed by atoms with Gasteiger partial charge in [0.05, 0.1) is 24.1 Å². The Balaban J connectivity index is 1.63. The van der Waals surface area contributed by atoms with Gasteiger partial charge >= 0.3 is 0 Å². The van der Waals surface area contributed by atoms with E-state index in [0.29, 0.717) is 29.5 Å². The normalized spacial score (nSPS) is 15.2. The van der Waals surface area contributed by atoms with E-state index in [1.807, 2.05) is 29.9 Å². The monoisotopic (exact) mass is 329 g/mol. The molecule has 2 heterocycles. The molecular weight excluding hydrogens is 306 g/mol. The number of carbonyl (C=O) groups excluding carboxylic acids is 1. The number of hydrogen-bond donors (Lipinski definition) is 1. The van der Waals surface area contributed by atoms with Crippen molar-refractivity contribution < 1.29 is 14.3 Å². The highest BCUT2D eigenvalue weighted by Gasteiger charge is 2.16. The third-order valence-electron chi connectivity index (χ3n) is 4.11. The zero-order chi connectivity index (χ0) is 16.8. The molecule has 0 aliphatic carbocycles. The Morgan fingerprint density at radius 2 is 2.17 bits per heavy atom. The number of amides is 1. The van der Waals surface area contributed by atoms with Crippen LogP contribution in [0.25, 0.3) is 0 Å². The van der Waals surface area contributed by atoms with Crippen LogP contribution in [0.15, 0.2) is 36.7 Å². The van der Waals surface area contributed by atoms with Crippen molar-refractivity contribution in [3.63, 3.8) is 0 Å². The maximum Gasteiger partial charge on any atom is 0.259 e. The molecule has 1 aromatic heterocycles. The van der Waals surface area contributed by atoms with Crippen LogP contribution in [0.5, 0.6) is 5.75 Å². The number of rotatable bonds is 6. The summed E-state index contributed by atoms with van der Waals surface area (Å²) in [4.78, 5) is 12.5. The largest absolute Gasteiger partial charge is 0.493 e. The lowest BCUT2D eigenvalue weighted by atomic mass is 10.0. The predicted molar refractivity (Wildman–Crippen MR) is 91.3 cm³/mol. The van der Waals surface area contributed by atoms with Gasteiger partial charge in [-0.05, 0) is 37.8 Å². The summed E-state index contributed by atoms with van der Waals surface area (Å²) < 4.78 is 12.8. The van der Waals surface area contributed by atoms with E-state index < -0.39 is 0 Å². The topological polar surface area (TPSA) is 65.4 Å². The number of nitrogens with one attached hydrogen (secondary N) is 1. The molecule has 0 atom stereocenters. The van der Waals surface area contributed by atoms with Crippen LogP contribution in [0.3, 0.4) is 0 Å². The standard InChI is InChI=1S/C18H23N3O3/c1-2-24-17-6-4-3-5-16(17)18(22)20-15-11-19-21(13-15)12-14-7-9-23-10-8-14/h3-6,11,13-14H,2,7-10,12H2,1H3,(H,20,22). The summed E-state index contributed by atoms with van der Waals surface area (Å²) in [5, 5.41) is 7.23. The molecule has 1 fully saturated rings. The molecule has 1 aliphatic rings. The minimum absolute atomic E-state index is 0.190. The van der Waals surface area contributed by atoms with Gasteiger partial charge in [0.1, 0.15) is 5.75 Å². The zero-order valence-corrected chi connectivity index (χ0v) is 13.9. The van der Waals surface area contributed by atoms with E-state index >= 15 is 0 Å². The molecule has 1 N–H and O–H groups in total. The molecule has 0 unspecified atom stereocenters. The number of para-hydroxylation sites is 1. The van der Waals surface area contributed by atoms with Crippen molar-refractivity contribution in [2.45, 2.75) is 26.3 Å². The number of hydrogen-bond acceptors (Lipinski definition) is 4. The first-order chi connectivity index (χ1) is 11.8. The van der Waals surface area contributed by atoms with Gasteiger partial charge in [0.2, 0.25) is 0 Å². The summed E-state index contributed by atoms with van der Waals surface area (Å²) >= 11 is 0. The van der Waals surface area contributed by atoms with Crippen LogP contribution in [0, 0.1) is 5.92 Å². The number of aromatic nitrogens is 2. The van der Waals surface area contributed by atoms with Crippen LogP contribution in [0.4, 0.5) is 5.69 Å². The molecule has 0 bridgehead atoms. The second-order valence-electron chi connectivity index (χ2n) is 5.89. The van der Waals surface area contributed by atoms with Gasteiger partial charge in [-0.3, -0.25) is 9.48 Å². The summed E-state index contributed by atoms with van der Waals surface area (Å²) in [7, 11) is 0. The van der Waals surface area contributed by atoms with Crippen LogP contribution in [-0.2, 0) is 11.3 Å². The van der Waals surface area contributed by atoms with Crippen molar-refractivity contribution in [2.24, 2.45) is 5.92 Å². The second kappa shape index (κ2) is 7.97. The number of carbonyl (C=O) groups is 1. The SMILES string of the molecule is CCOc1ccccc1C(=O)Nc1cnn(CC2CCOCC2)c1. The Kier molecular flexibility index (Phi) is 5.48. The van der Waals surface area contributed by atoms with Gasteiger partial charge < -0.3 is 14.8 Å². The van der Waals surface area contributed by atoms with E-state index in [4.69, 9.17) is 9.47 Å². The lowest BCUT2D eigenvalue weighted by Gasteiger charge is -2.21. The lowest BCUT2D eigenvalue weighted by Crippen LogP contribution is -2.20. The molecule has 2 aromatic rings. The second-order valence-corrected chi connectivity index (χ2v) is 5.89. The molecule has 0 radical (unpaired) electrons. The van der Waals surface area contributed by atoms with Crippen molar-refractivity contribution in [1.82, 2.24) is 9.78 Å². The fraction of sp³-hybridized carbons (Fsp3) is 0.444. The maximum absolute atomic E-state index is 12.5. The fourth-order valence-corrected chi connectivity index (χ4v) is 2.86. The molecule has 6 heteroatoms. The Bertz CT molecular complexity index is 678. The van der Waals surface area contributed by atoms with Gasteiger partial charge in [-0.25, -0.2) is 0 Å². The van der Waals surface area contributed by atoms with Gasteiger partial charge in [0.25, 0.3) is 5.91 Å². The molecular formula is C18H23N3O3. The van der Waals surface area contributed by atoms with Crippen molar-refractivity contribution >= 4 is 11.6 Å². The number of benzene rings is 1. The third kappa shape index (κ3) is 4.14. The predicted octanol–water partition coefficient (Wildman–Crippen LogP) is 2.96. The highest BCUT2D eigenvalue weighted by molar-refractivity contribution is 6.06. The first-order valence-corrected chi connectivity index (χ1v) is 8.39. The highest BCUT2D eigenvalue weighted by Crippen LogP contribution is 2.20. The van der Waals surface area contributed by atoms with E-state index in [1.165, 1.54) is 0 Å². The smallest absolute Gasteiger partial charge is 0.259 e. The molecule has 6 nitrogen and oxygen atoms in total. The number of anilines is 1. The highest BCUT2D eigenvalue weighted by atomic mass is 16.5. The van der Waals surface area contributed by atoms with Gasteiger partial charge in [-0.2, -0.15) is 5.10 Å². The average molecular weight is 329 g/mol. The molecule has 1 saturated heterocycles. The number of nitrogens with zero attached hydrogens (tertiary/aromatic N) is 2. The molecule has 3 rings (SSSR count). The summed E-state index contributed by atoms with van der Waals surface area (Å²) in [6, 6.07) is 7.24. The summed E-state index contributed by atoms with van der Waals surface area (Å²) in [6.07, 6.45) is 5.67. The molecule has 24 heavy (non-hydrogen) atoms. The Morgan fingerprint density at radius 3 is 2.96 bits per heavy atom. The lowest BCUT2D eigenvalue weighted by molar-refractivity contribution is 0.0601. The van der Waals surface area contributed by atoms with E-state index in [2.05, 4.69) is 10.4 Å². The first kappa shape index (κ1) is 16.5. The Labute approximate surface area is 141 Å². The van der Waals surface area contributed by atoms with Crippen molar-refractivity contribution in [3.8, 4) is 5.75 Å². The Hall–Kier alpha value is -2.34. The van der Waals surface area contributed by atoms with Crippen LogP contribution in [0.2, 0.25) is 0 Å². The van der Waals surface area contributed by atoms with E-state index in [1.54, 1.807) is 18.3 Å². The Morgan fingerprint density at radius 1 is 1.38 bits per heavy atom. The van der Waals surface area contributed by atoms with Crippen LogP contribution < -0.4 is 10.1 Å². The zero-order valence-electron chi connectivity index (χ0n) is 13.9. The van der Waals surface area contributed by atoms with Crippen molar-refractivity contribution in [2.75, 3.05) is 25.1 Å². The fourth-order valence-electron chi connectivity index (χ4n) is 2.86. The van der Waals surface area contributed by atoms with E-state index in [0.717, 1.165) is 32.6 Å².